The van der Waals surface area contributed by atoms with Gasteiger partial charge in [0, 0.05) is 18.9 Å². The van der Waals surface area contributed by atoms with Crippen molar-refractivity contribution in [3.05, 3.63) is 35.4 Å². The Morgan fingerprint density at radius 1 is 1.40 bits per heavy atom. The quantitative estimate of drug-likeness (QED) is 0.517. The van der Waals surface area contributed by atoms with Gasteiger partial charge < -0.3 is 0 Å². The average molecular weight is 199 g/mol. The van der Waals surface area contributed by atoms with Crippen LogP contribution in [0, 0.1) is 0 Å². The lowest BCUT2D eigenvalue weighted by Crippen LogP contribution is -2.12. The lowest BCUT2D eigenvalue weighted by atomic mass is 10.0. The largest absolute Gasteiger partial charge is 0.265 e. The maximum atomic E-state index is 4.35. The second kappa shape index (κ2) is 4.64. The SMILES string of the molecule is C/C=N\C=N/C1Cc2ccccc2C=N1. The van der Waals surface area contributed by atoms with Gasteiger partial charge in [-0.15, -0.1) is 0 Å². The summed E-state index contributed by atoms with van der Waals surface area (Å²) in [6.07, 6.45) is 6.02. The molecular formula is C12H13N3. The molecule has 0 fully saturated rings. The summed E-state index contributed by atoms with van der Waals surface area (Å²) < 4.78 is 0. The Morgan fingerprint density at radius 3 is 3.13 bits per heavy atom. The highest BCUT2D eigenvalue weighted by Crippen LogP contribution is 2.16. The molecule has 0 aliphatic carbocycles. The van der Waals surface area contributed by atoms with E-state index in [-0.39, 0.29) is 6.17 Å². The lowest BCUT2D eigenvalue weighted by Gasteiger charge is -2.14. The number of nitrogens with zero attached hydrogens (tertiary/aromatic N) is 3. The average Bonchev–Trinajstić information content (AvgIpc) is 2.29. The lowest BCUT2D eigenvalue weighted by molar-refractivity contribution is 0.703. The van der Waals surface area contributed by atoms with E-state index in [1.165, 1.54) is 11.1 Å². The fraction of sp³-hybridized carbons (Fsp3) is 0.250. The first-order valence-corrected chi connectivity index (χ1v) is 5.00. The maximum absolute atomic E-state index is 4.35. The fourth-order valence-electron chi connectivity index (χ4n) is 1.54. The number of rotatable bonds is 2. The zero-order chi connectivity index (χ0) is 10.5. The van der Waals surface area contributed by atoms with E-state index >= 15 is 0 Å². The number of hydrogen-bond donors (Lipinski definition) is 0. The summed E-state index contributed by atoms with van der Waals surface area (Å²) in [6.45, 7) is 1.87. The topological polar surface area (TPSA) is 37.1 Å². The first-order chi connectivity index (χ1) is 7.40. The first kappa shape index (κ1) is 9.77. The van der Waals surface area contributed by atoms with Gasteiger partial charge in [0.05, 0.1) is 0 Å². The standard InChI is InChI=1S/C12H13N3/c1-2-13-9-15-12-7-10-5-3-4-6-11(10)8-14-12/h2-6,8-9,12H,7H2,1H3/b13-2-,15-9-. The molecule has 0 radical (unpaired) electrons. The van der Waals surface area contributed by atoms with Crippen LogP contribution >= 0.6 is 0 Å². The molecule has 0 saturated carbocycles. The zero-order valence-corrected chi connectivity index (χ0v) is 8.67. The summed E-state index contributed by atoms with van der Waals surface area (Å²) >= 11 is 0. The Kier molecular flexibility index (Phi) is 3.02. The first-order valence-electron chi connectivity index (χ1n) is 5.00. The Balaban J connectivity index is 2.12. The molecule has 1 aliphatic rings. The number of fused-ring (bicyclic) bond motifs is 1. The van der Waals surface area contributed by atoms with Gasteiger partial charge in [-0.25, -0.2) is 9.98 Å². The summed E-state index contributed by atoms with van der Waals surface area (Å²) in [6, 6.07) is 8.26. The maximum Gasteiger partial charge on any atom is 0.145 e. The molecule has 76 valence electrons. The van der Waals surface area contributed by atoms with Crippen LogP contribution in [0.25, 0.3) is 0 Å². The Hall–Kier alpha value is -1.77. The third-order valence-electron chi connectivity index (χ3n) is 2.30. The molecule has 0 aromatic heterocycles. The molecule has 0 bridgehead atoms. The van der Waals surface area contributed by atoms with Gasteiger partial charge in [-0.2, -0.15) is 0 Å². The van der Waals surface area contributed by atoms with Crippen molar-refractivity contribution in [2.45, 2.75) is 19.5 Å². The molecule has 3 nitrogen and oxygen atoms in total. The highest BCUT2D eigenvalue weighted by molar-refractivity contribution is 5.83. The Labute approximate surface area is 89.3 Å². The normalized spacial score (nSPS) is 19.9. The van der Waals surface area contributed by atoms with Crippen molar-refractivity contribution in [2.24, 2.45) is 15.0 Å². The third kappa shape index (κ3) is 2.37. The predicted molar refractivity (Wildman–Crippen MR) is 64.2 cm³/mol. The van der Waals surface area contributed by atoms with E-state index in [0.717, 1.165) is 6.42 Å². The van der Waals surface area contributed by atoms with Crippen LogP contribution < -0.4 is 0 Å². The Bertz CT molecular complexity index is 419. The van der Waals surface area contributed by atoms with Crippen LogP contribution in [0.15, 0.2) is 39.2 Å². The highest BCUT2D eigenvalue weighted by atomic mass is 15.0. The number of hydrogen-bond acceptors (Lipinski definition) is 2. The van der Waals surface area contributed by atoms with Crippen LogP contribution in [0.2, 0.25) is 0 Å². The van der Waals surface area contributed by atoms with Gasteiger partial charge in [-0.1, -0.05) is 24.3 Å². The van der Waals surface area contributed by atoms with Crippen molar-refractivity contribution in [3.63, 3.8) is 0 Å². The van der Waals surface area contributed by atoms with Crippen LogP contribution in [0.5, 0.6) is 0 Å². The molecule has 1 heterocycles. The molecule has 15 heavy (non-hydrogen) atoms. The van der Waals surface area contributed by atoms with Crippen molar-refractivity contribution in [3.8, 4) is 0 Å². The molecule has 1 aliphatic heterocycles. The van der Waals surface area contributed by atoms with Gasteiger partial charge in [0.15, 0.2) is 0 Å². The fourth-order valence-corrected chi connectivity index (χ4v) is 1.54. The van der Waals surface area contributed by atoms with E-state index in [0.29, 0.717) is 0 Å². The molecule has 2 rings (SSSR count). The van der Waals surface area contributed by atoms with E-state index in [9.17, 15) is 0 Å². The van der Waals surface area contributed by atoms with E-state index in [4.69, 9.17) is 0 Å². The summed E-state index contributed by atoms with van der Waals surface area (Å²) in [5, 5.41) is 0. The second-order valence-corrected chi connectivity index (χ2v) is 3.33. The van der Waals surface area contributed by atoms with Crippen LogP contribution in [-0.4, -0.2) is 24.9 Å². The monoisotopic (exact) mass is 199 g/mol. The number of aliphatic imine (C=N–C) groups is 3. The molecule has 1 aromatic rings. The molecular weight excluding hydrogens is 186 g/mol. The molecule has 1 aromatic carbocycles. The molecule has 0 amide bonds. The molecule has 0 spiro atoms. The highest BCUT2D eigenvalue weighted by Gasteiger charge is 2.11. The minimum Gasteiger partial charge on any atom is -0.265 e. The summed E-state index contributed by atoms with van der Waals surface area (Å²) in [7, 11) is 0. The van der Waals surface area contributed by atoms with E-state index < -0.39 is 0 Å². The van der Waals surface area contributed by atoms with E-state index in [1.807, 2.05) is 25.3 Å². The molecule has 1 unspecified atom stereocenters. The second-order valence-electron chi connectivity index (χ2n) is 3.33. The summed E-state index contributed by atoms with van der Waals surface area (Å²) in [5.41, 5.74) is 2.50. The number of benzene rings is 1. The minimum atomic E-state index is -0.0106. The van der Waals surface area contributed by atoms with Gasteiger partial charge in [0.1, 0.15) is 12.5 Å². The van der Waals surface area contributed by atoms with Crippen molar-refractivity contribution in [2.75, 3.05) is 0 Å². The van der Waals surface area contributed by atoms with Crippen molar-refractivity contribution >= 4 is 18.8 Å². The van der Waals surface area contributed by atoms with E-state index in [2.05, 4.69) is 27.1 Å². The zero-order valence-electron chi connectivity index (χ0n) is 8.67. The van der Waals surface area contributed by atoms with Crippen LogP contribution in [0.4, 0.5) is 0 Å². The minimum absolute atomic E-state index is 0.0106. The van der Waals surface area contributed by atoms with Gasteiger partial charge in [-0.05, 0) is 18.1 Å². The van der Waals surface area contributed by atoms with Crippen LogP contribution in [0.3, 0.4) is 0 Å². The smallest absolute Gasteiger partial charge is 0.145 e. The summed E-state index contributed by atoms with van der Waals surface area (Å²) in [5.74, 6) is 0. The van der Waals surface area contributed by atoms with Gasteiger partial charge >= 0.3 is 0 Å². The molecule has 3 heteroatoms. The Morgan fingerprint density at radius 2 is 2.27 bits per heavy atom. The van der Waals surface area contributed by atoms with Crippen LogP contribution in [-0.2, 0) is 6.42 Å². The van der Waals surface area contributed by atoms with E-state index in [1.54, 1.807) is 12.6 Å². The van der Waals surface area contributed by atoms with Gasteiger partial charge in [0.25, 0.3) is 0 Å². The molecule has 0 N–H and O–H groups in total. The van der Waals surface area contributed by atoms with Crippen molar-refractivity contribution in [1.29, 1.82) is 0 Å². The predicted octanol–water partition coefficient (Wildman–Crippen LogP) is 2.11. The van der Waals surface area contributed by atoms with Crippen molar-refractivity contribution < 1.29 is 0 Å². The third-order valence-corrected chi connectivity index (χ3v) is 2.30. The molecule has 1 atom stereocenters. The van der Waals surface area contributed by atoms with Gasteiger partial charge in [0.2, 0.25) is 0 Å². The summed E-state index contributed by atoms with van der Waals surface area (Å²) in [4.78, 5) is 12.5. The molecule has 0 saturated heterocycles. The van der Waals surface area contributed by atoms with Gasteiger partial charge in [-0.3, -0.25) is 4.99 Å². The van der Waals surface area contributed by atoms with Crippen LogP contribution in [0.1, 0.15) is 18.1 Å². The van der Waals surface area contributed by atoms with Crippen molar-refractivity contribution in [1.82, 2.24) is 0 Å².